The van der Waals surface area contributed by atoms with Crippen LogP contribution in [-0.4, -0.2) is 56.0 Å². The van der Waals surface area contributed by atoms with Gasteiger partial charge in [-0.25, -0.2) is 26.5 Å². The van der Waals surface area contributed by atoms with Crippen LogP contribution in [0.3, 0.4) is 0 Å². The van der Waals surface area contributed by atoms with Crippen molar-refractivity contribution in [3.05, 3.63) is 42.7 Å². The smallest absolute Gasteiger partial charge is 0.224 e. The van der Waals surface area contributed by atoms with Crippen LogP contribution in [0.5, 0.6) is 0 Å². The summed E-state index contributed by atoms with van der Waals surface area (Å²) in [5, 5.41) is 3.99. The molecule has 1 aromatic carbocycles. The molecule has 0 atom stereocenters. The zero-order valence-corrected chi connectivity index (χ0v) is 18.9. The van der Waals surface area contributed by atoms with Gasteiger partial charge in [-0.1, -0.05) is 6.07 Å². The van der Waals surface area contributed by atoms with Gasteiger partial charge < -0.3 is 9.88 Å². The van der Waals surface area contributed by atoms with Gasteiger partial charge in [0.05, 0.1) is 16.7 Å². The molecule has 1 aliphatic rings. The van der Waals surface area contributed by atoms with Gasteiger partial charge in [0.2, 0.25) is 16.0 Å². The van der Waals surface area contributed by atoms with E-state index in [4.69, 9.17) is 0 Å². The Hall–Kier alpha value is -2.50. The van der Waals surface area contributed by atoms with E-state index in [9.17, 15) is 16.8 Å². The first kappa shape index (κ1) is 21.7. The highest BCUT2D eigenvalue weighted by Gasteiger charge is 2.24. The molecule has 0 spiro atoms. The number of benzene rings is 1. The monoisotopic (exact) mass is 463 g/mol. The van der Waals surface area contributed by atoms with Crippen LogP contribution in [0.1, 0.15) is 25.7 Å². The Labute approximate surface area is 181 Å². The zero-order valence-electron chi connectivity index (χ0n) is 17.3. The summed E-state index contributed by atoms with van der Waals surface area (Å²) in [5.74, 6) is 1.11. The minimum absolute atomic E-state index is 0.0319. The number of fused-ring (bicyclic) bond motifs is 1. The lowest BCUT2D eigenvalue weighted by molar-refractivity contribution is 0.387. The SMILES string of the molecule is CS(=O)(=O)NC1CCC(Nc2nccc(-n3ccc4c(S(C)(=O)=O)cccc43)n2)CC1. The number of hydrogen-bond donors (Lipinski definition) is 2. The van der Waals surface area contributed by atoms with Crippen LogP contribution in [0.2, 0.25) is 0 Å². The first-order valence-corrected chi connectivity index (χ1v) is 13.8. The van der Waals surface area contributed by atoms with Gasteiger partial charge in [-0.3, -0.25) is 0 Å². The molecule has 2 aromatic heterocycles. The highest BCUT2D eigenvalue weighted by molar-refractivity contribution is 7.91. The second-order valence-corrected chi connectivity index (χ2v) is 11.7. The number of hydrogen-bond acceptors (Lipinski definition) is 7. The van der Waals surface area contributed by atoms with Crippen molar-refractivity contribution in [1.82, 2.24) is 19.3 Å². The summed E-state index contributed by atoms with van der Waals surface area (Å²) in [6, 6.07) is 8.85. The van der Waals surface area contributed by atoms with Gasteiger partial charge in [-0.2, -0.15) is 4.98 Å². The quantitative estimate of drug-likeness (QED) is 0.574. The summed E-state index contributed by atoms with van der Waals surface area (Å²) in [6.07, 6.45) is 8.96. The minimum Gasteiger partial charge on any atom is -0.351 e. The van der Waals surface area contributed by atoms with E-state index < -0.39 is 19.9 Å². The van der Waals surface area contributed by atoms with E-state index in [1.54, 1.807) is 36.7 Å². The van der Waals surface area contributed by atoms with Crippen molar-refractivity contribution >= 4 is 36.7 Å². The molecule has 9 nitrogen and oxygen atoms in total. The molecule has 3 aromatic rings. The molecule has 2 heterocycles. The van der Waals surface area contributed by atoms with Crippen LogP contribution in [0.4, 0.5) is 5.95 Å². The molecule has 1 aliphatic carbocycles. The van der Waals surface area contributed by atoms with Crippen molar-refractivity contribution < 1.29 is 16.8 Å². The molecule has 1 saturated carbocycles. The normalized spacial score (nSPS) is 20.1. The molecule has 166 valence electrons. The molecule has 0 aliphatic heterocycles. The Morgan fingerprint density at radius 2 is 1.68 bits per heavy atom. The van der Waals surface area contributed by atoms with Crippen LogP contribution < -0.4 is 10.0 Å². The maximum atomic E-state index is 12.1. The van der Waals surface area contributed by atoms with E-state index in [-0.39, 0.29) is 17.0 Å². The molecular weight excluding hydrogens is 438 g/mol. The van der Waals surface area contributed by atoms with Crippen LogP contribution in [-0.2, 0) is 19.9 Å². The van der Waals surface area contributed by atoms with Gasteiger partial charge in [0.15, 0.2) is 9.84 Å². The number of anilines is 1. The zero-order chi connectivity index (χ0) is 22.2. The van der Waals surface area contributed by atoms with E-state index in [0.717, 1.165) is 31.2 Å². The third kappa shape index (κ3) is 5.05. The van der Waals surface area contributed by atoms with Crippen molar-refractivity contribution in [3.8, 4) is 5.82 Å². The van der Waals surface area contributed by atoms with Crippen molar-refractivity contribution in [2.24, 2.45) is 0 Å². The molecule has 0 amide bonds. The molecule has 0 bridgehead atoms. The Bertz CT molecular complexity index is 1310. The van der Waals surface area contributed by atoms with Crippen LogP contribution in [0.25, 0.3) is 16.7 Å². The van der Waals surface area contributed by atoms with Crippen molar-refractivity contribution in [1.29, 1.82) is 0 Å². The fraction of sp³-hybridized carbons (Fsp3) is 0.400. The van der Waals surface area contributed by atoms with Gasteiger partial charge in [0, 0.05) is 36.1 Å². The third-order valence-corrected chi connectivity index (χ3v) is 7.34. The van der Waals surface area contributed by atoms with Crippen LogP contribution in [0, 0.1) is 0 Å². The summed E-state index contributed by atoms with van der Waals surface area (Å²) in [4.78, 5) is 9.21. The Kier molecular flexibility index (Phi) is 5.75. The lowest BCUT2D eigenvalue weighted by Gasteiger charge is -2.29. The highest BCUT2D eigenvalue weighted by atomic mass is 32.2. The second-order valence-electron chi connectivity index (χ2n) is 7.97. The summed E-state index contributed by atoms with van der Waals surface area (Å²) < 4.78 is 51.5. The second kappa shape index (κ2) is 8.21. The Morgan fingerprint density at radius 3 is 2.35 bits per heavy atom. The number of aromatic nitrogens is 3. The maximum absolute atomic E-state index is 12.1. The lowest BCUT2D eigenvalue weighted by Crippen LogP contribution is -2.39. The first-order chi connectivity index (χ1) is 14.6. The standard InChI is InChI=1S/C20H25N5O4S2/c1-30(26,27)18-5-3-4-17-16(18)11-13-25(17)19-10-12-21-20(23-19)22-14-6-8-15(9-7-14)24-31(2,28)29/h3-5,10-15,24H,6-9H2,1-2H3,(H,21,22,23). The minimum atomic E-state index is -3.34. The van der Waals surface area contributed by atoms with E-state index in [2.05, 4.69) is 20.0 Å². The molecular formula is C20H25N5O4S2. The van der Waals surface area contributed by atoms with Gasteiger partial charge >= 0.3 is 0 Å². The average molecular weight is 464 g/mol. The third-order valence-electron chi connectivity index (χ3n) is 5.42. The predicted molar refractivity (Wildman–Crippen MR) is 120 cm³/mol. The van der Waals surface area contributed by atoms with Crippen molar-refractivity contribution in [2.45, 2.75) is 42.7 Å². The average Bonchev–Trinajstić information content (AvgIpc) is 3.12. The van der Waals surface area contributed by atoms with Gasteiger partial charge in [-0.15, -0.1) is 0 Å². The van der Waals surface area contributed by atoms with Gasteiger partial charge in [-0.05, 0) is 49.9 Å². The predicted octanol–water partition coefficient (Wildman–Crippen LogP) is 2.10. The number of sulfone groups is 1. The van der Waals surface area contributed by atoms with Crippen LogP contribution in [0.15, 0.2) is 47.6 Å². The first-order valence-electron chi connectivity index (χ1n) is 9.97. The van der Waals surface area contributed by atoms with E-state index >= 15 is 0 Å². The van der Waals surface area contributed by atoms with E-state index in [0.29, 0.717) is 17.2 Å². The van der Waals surface area contributed by atoms with Gasteiger partial charge in [0.1, 0.15) is 5.82 Å². The molecule has 1 fully saturated rings. The van der Waals surface area contributed by atoms with Crippen molar-refractivity contribution in [2.75, 3.05) is 17.8 Å². The molecule has 2 N–H and O–H groups in total. The molecule has 0 radical (unpaired) electrons. The molecule has 0 saturated heterocycles. The molecule has 4 rings (SSSR count). The summed E-state index contributed by atoms with van der Waals surface area (Å²) in [6.45, 7) is 0. The summed E-state index contributed by atoms with van der Waals surface area (Å²) in [5.41, 5.74) is 0.750. The molecule has 11 heteroatoms. The highest BCUT2D eigenvalue weighted by Crippen LogP contribution is 2.27. The Morgan fingerprint density at radius 1 is 0.968 bits per heavy atom. The van der Waals surface area contributed by atoms with Crippen LogP contribution >= 0.6 is 0 Å². The van der Waals surface area contributed by atoms with Crippen molar-refractivity contribution in [3.63, 3.8) is 0 Å². The number of nitrogens with zero attached hydrogens (tertiary/aromatic N) is 3. The lowest BCUT2D eigenvalue weighted by atomic mass is 9.92. The Balaban J connectivity index is 1.52. The fourth-order valence-corrected chi connectivity index (χ4v) is 5.80. The summed E-state index contributed by atoms with van der Waals surface area (Å²) >= 11 is 0. The molecule has 0 unspecified atom stereocenters. The van der Waals surface area contributed by atoms with E-state index in [1.807, 2.05) is 10.6 Å². The number of rotatable bonds is 6. The fourth-order valence-electron chi connectivity index (χ4n) is 4.06. The molecule has 31 heavy (non-hydrogen) atoms. The topological polar surface area (TPSA) is 123 Å². The van der Waals surface area contributed by atoms with E-state index in [1.165, 1.54) is 12.5 Å². The van der Waals surface area contributed by atoms with Gasteiger partial charge in [0.25, 0.3) is 0 Å². The summed E-state index contributed by atoms with van der Waals surface area (Å²) in [7, 11) is -6.54. The maximum Gasteiger partial charge on any atom is 0.224 e. The largest absolute Gasteiger partial charge is 0.351 e. The number of sulfonamides is 1. The number of nitrogens with one attached hydrogen (secondary N) is 2.